The van der Waals surface area contributed by atoms with Crippen molar-refractivity contribution in [3.8, 4) is 0 Å². The lowest BCUT2D eigenvalue weighted by atomic mass is 10.2. The molecule has 0 aliphatic heterocycles. The number of hydrogen-bond donors (Lipinski definition) is 1. The summed E-state index contributed by atoms with van der Waals surface area (Å²) < 4.78 is 0. The predicted octanol–water partition coefficient (Wildman–Crippen LogP) is 1.19. The molecule has 6 heteroatoms. The van der Waals surface area contributed by atoms with Gasteiger partial charge in [0.25, 0.3) is 0 Å². The highest BCUT2D eigenvalue weighted by molar-refractivity contribution is 6.38. The van der Waals surface area contributed by atoms with E-state index in [1.807, 2.05) is 0 Å². The minimum atomic E-state index is -0.224. The first-order valence-electron chi connectivity index (χ1n) is 3.50. The summed E-state index contributed by atoms with van der Waals surface area (Å²) in [4.78, 5) is 18.7. The molecule has 0 bridgehead atoms. The Labute approximate surface area is 85.3 Å². The summed E-state index contributed by atoms with van der Waals surface area (Å²) in [6.07, 6.45) is 1.21. The number of Topliss-reactive ketones (excluding diaryl/α,β-unsaturated/α-hetero) is 1. The highest BCUT2D eigenvalue weighted by atomic mass is 35.5. The van der Waals surface area contributed by atoms with Crippen LogP contribution in [-0.4, -0.2) is 29.3 Å². The van der Waals surface area contributed by atoms with Gasteiger partial charge in [-0.2, -0.15) is 0 Å². The molecular weight excluding hydrogens is 213 g/mol. The lowest BCUT2D eigenvalue weighted by Crippen LogP contribution is -2.19. The number of nitrogens with zero attached hydrogens (tertiary/aromatic N) is 2. The van der Waals surface area contributed by atoms with E-state index < -0.39 is 0 Å². The van der Waals surface area contributed by atoms with E-state index in [1.165, 1.54) is 6.33 Å². The van der Waals surface area contributed by atoms with E-state index >= 15 is 0 Å². The summed E-state index contributed by atoms with van der Waals surface area (Å²) >= 11 is 11.4. The van der Waals surface area contributed by atoms with Crippen LogP contribution in [0.5, 0.6) is 0 Å². The maximum absolute atomic E-state index is 11.4. The number of rotatable bonds is 3. The van der Waals surface area contributed by atoms with E-state index in [-0.39, 0.29) is 28.2 Å². The summed E-state index contributed by atoms with van der Waals surface area (Å²) in [5.41, 5.74) is 0.167. The van der Waals surface area contributed by atoms with Crippen LogP contribution in [0.2, 0.25) is 10.3 Å². The molecule has 0 aliphatic rings. The zero-order valence-electron chi connectivity index (χ0n) is 6.84. The SMILES string of the molecule is CNCC(=O)c1c(Cl)ncnc1Cl. The molecule has 1 aromatic rings. The van der Waals surface area contributed by atoms with Gasteiger partial charge in [0.1, 0.15) is 16.6 Å². The van der Waals surface area contributed by atoms with Crippen LogP contribution in [0.15, 0.2) is 6.33 Å². The summed E-state index contributed by atoms with van der Waals surface area (Å²) in [5.74, 6) is -0.224. The molecule has 0 aromatic carbocycles. The molecule has 4 nitrogen and oxygen atoms in total. The van der Waals surface area contributed by atoms with Crippen LogP contribution in [0.4, 0.5) is 0 Å². The lowest BCUT2D eigenvalue weighted by Gasteiger charge is -2.02. The van der Waals surface area contributed by atoms with Crippen molar-refractivity contribution < 1.29 is 4.79 Å². The van der Waals surface area contributed by atoms with Crippen LogP contribution >= 0.6 is 23.2 Å². The zero-order chi connectivity index (χ0) is 9.84. The van der Waals surface area contributed by atoms with Crippen molar-refractivity contribution in [1.29, 1.82) is 0 Å². The van der Waals surface area contributed by atoms with Crippen molar-refractivity contribution in [2.24, 2.45) is 0 Å². The van der Waals surface area contributed by atoms with Crippen LogP contribution < -0.4 is 5.32 Å². The predicted molar refractivity (Wildman–Crippen MR) is 50.3 cm³/mol. The monoisotopic (exact) mass is 219 g/mol. The summed E-state index contributed by atoms with van der Waals surface area (Å²) in [5, 5.41) is 2.87. The van der Waals surface area contributed by atoms with Crippen LogP contribution in [0, 0.1) is 0 Å². The number of ketones is 1. The maximum Gasteiger partial charge on any atom is 0.182 e. The molecule has 1 heterocycles. The Kier molecular flexibility index (Phi) is 3.59. The fraction of sp³-hybridized carbons (Fsp3) is 0.286. The standard InChI is InChI=1S/C7H7Cl2N3O/c1-10-2-4(13)5-6(8)11-3-12-7(5)9/h3,10H,2H2,1H3. The van der Waals surface area contributed by atoms with E-state index in [9.17, 15) is 4.79 Å². The second-order valence-corrected chi connectivity index (χ2v) is 3.00. The number of aromatic nitrogens is 2. The van der Waals surface area contributed by atoms with Gasteiger partial charge >= 0.3 is 0 Å². The molecule has 1 N–H and O–H groups in total. The van der Waals surface area contributed by atoms with E-state index in [0.717, 1.165) is 0 Å². The van der Waals surface area contributed by atoms with Gasteiger partial charge in [-0.15, -0.1) is 0 Å². The molecule has 13 heavy (non-hydrogen) atoms. The van der Waals surface area contributed by atoms with Crippen molar-refractivity contribution >= 4 is 29.0 Å². The first-order chi connectivity index (χ1) is 6.16. The van der Waals surface area contributed by atoms with E-state index in [1.54, 1.807) is 7.05 Å². The molecule has 1 rings (SSSR count). The van der Waals surface area contributed by atoms with Crippen LogP contribution in [0.1, 0.15) is 10.4 Å². The fourth-order valence-electron chi connectivity index (χ4n) is 0.823. The van der Waals surface area contributed by atoms with Crippen molar-refractivity contribution in [2.45, 2.75) is 0 Å². The van der Waals surface area contributed by atoms with Gasteiger partial charge in [0.2, 0.25) is 0 Å². The fourth-order valence-corrected chi connectivity index (χ4v) is 1.35. The Morgan fingerprint density at radius 1 is 1.46 bits per heavy atom. The van der Waals surface area contributed by atoms with Crippen LogP contribution in [0.3, 0.4) is 0 Å². The molecule has 0 amide bonds. The highest BCUT2D eigenvalue weighted by Gasteiger charge is 2.15. The number of hydrogen-bond acceptors (Lipinski definition) is 4. The number of likely N-dealkylation sites (N-methyl/N-ethyl adjacent to an activating group) is 1. The maximum atomic E-state index is 11.4. The first-order valence-corrected chi connectivity index (χ1v) is 4.26. The second kappa shape index (κ2) is 4.50. The van der Waals surface area contributed by atoms with Crippen molar-refractivity contribution in [3.05, 3.63) is 22.2 Å². The second-order valence-electron chi connectivity index (χ2n) is 2.28. The van der Waals surface area contributed by atoms with E-state index in [2.05, 4.69) is 15.3 Å². The van der Waals surface area contributed by atoms with Crippen molar-refractivity contribution in [3.63, 3.8) is 0 Å². The van der Waals surface area contributed by atoms with Gasteiger partial charge in [0, 0.05) is 0 Å². The van der Waals surface area contributed by atoms with Crippen molar-refractivity contribution in [1.82, 2.24) is 15.3 Å². The highest BCUT2D eigenvalue weighted by Crippen LogP contribution is 2.19. The zero-order valence-corrected chi connectivity index (χ0v) is 8.35. The summed E-state index contributed by atoms with van der Waals surface area (Å²) in [7, 11) is 1.66. The summed E-state index contributed by atoms with van der Waals surface area (Å²) in [6, 6.07) is 0. The molecule has 0 aliphatic carbocycles. The topological polar surface area (TPSA) is 54.9 Å². The Morgan fingerprint density at radius 2 is 2.00 bits per heavy atom. The molecule has 0 saturated heterocycles. The first kappa shape index (κ1) is 10.4. The minimum Gasteiger partial charge on any atom is -0.313 e. The molecule has 0 radical (unpaired) electrons. The van der Waals surface area contributed by atoms with Gasteiger partial charge in [-0.3, -0.25) is 4.79 Å². The Hall–Kier alpha value is -0.710. The quantitative estimate of drug-likeness (QED) is 0.613. The Bertz CT molecular complexity index is 309. The number of halogens is 2. The molecular formula is C7H7Cl2N3O. The van der Waals surface area contributed by atoms with Crippen molar-refractivity contribution in [2.75, 3.05) is 13.6 Å². The third kappa shape index (κ3) is 2.37. The normalized spacial score (nSPS) is 10.1. The number of carbonyl (C=O) groups is 1. The molecule has 0 unspecified atom stereocenters. The number of carbonyl (C=O) groups excluding carboxylic acids is 1. The third-order valence-electron chi connectivity index (χ3n) is 1.37. The Morgan fingerprint density at radius 3 is 2.46 bits per heavy atom. The van der Waals surface area contributed by atoms with Crippen LogP contribution in [-0.2, 0) is 0 Å². The molecule has 0 atom stereocenters. The molecule has 1 aromatic heterocycles. The number of nitrogens with one attached hydrogen (secondary N) is 1. The lowest BCUT2D eigenvalue weighted by molar-refractivity contribution is 0.0993. The van der Waals surface area contributed by atoms with Gasteiger partial charge < -0.3 is 5.32 Å². The largest absolute Gasteiger partial charge is 0.313 e. The molecule has 0 fully saturated rings. The third-order valence-corrected chi connectivity index (χ3v) is 1.94. The van der Waals surface area contributed by atoms with E-state index in [0.29, 0.717) is 0 Å². The average molecular weight is 220 g/mol. The summed E-state index contributed by atoms with van der Waals surface area (Å²) in [6.45, 7) is 0.160. The Balaban J connectivity index is 3.05. The van der Waals surface area contributed by atoms with E-state index in [4.69, 9.17) is 23.2 Å². The van der Waals surface area contributed by atoms with Gasteiger partial charge in [0.15, 0.2) is 5.78 Å². The van der Waals surface area contributed by atoms with Gasteiger partial charge in [-0.05, 0) is 7.05 Å². The van der Waals surface area contributed by atoms with Crippen LogP contribution in [0.25, 0.3) is 0 Å². The van der Waals surface area contributed by atoms with Gasteiger partial charge in [0.05, 0.1) is 12.1 Å². The minimum absolute atomic E-state index is 0.0836. The molecule has 0 spiro atoms. The molecule has 0 saturated carbocycles. The van der Waals surface area contributed by atoms with Gasteiger partial charge in [-0.25, -0.2) is 9.97 Å². The molecule has 70 valence electrons. The average Bonchev–Trinajstić information content (AvgIpc) is 2.04. The smallest absolute Gasteiger partial charge is 0.182 e. The van der Waals surface area contributed by atoms with Gasteiger partial charge in [-0.1, -0.05) is 23.2 Å².